The number of ether oxygens (including phenoxy) is 1. The zero-order valence-corrected chi connectivity index (χ0v) is 18.6. The van der Waals surface area contributed by atoms with Gasteiger partial charge in [0.1, 0.15) is 5.76 Å². The summed E-state index contributed by atoms with van der Waals surface area (Å²) >= 11 is 0. The summed E-state index contributed by atoms with van der Waals surface area (Å²) in [5.74, 6) is -1.33. The molecular weight excluding hydrogens is 406 g/mol. The maximum atomic E-state index is 13.1. The van der Waals surface area contributed by atoms with Crippen LogP contribution in [0.15, 0.2) is 48.3 Å². The van der Waals surface area contributed by atoms with E-state index in [0.717, 1.165) is 56.0 Å². The molecule has 1 aromatic heterocycles. The third-order valence-electron chi connectivity index (χ3n) is 6.19. The van der Waals surface area contributed by atoms with Crippen LogP contribution in [0.3, 0.4) is 0 Å². The van der Waals surface area contributed by atoms with Gasteiger partial charge in [-0.15, -0.1) is 0 Å². The lowest BCUT2D eigenvalue weighted by molar-refractivity contribution is -0.140. The van der Waals surface area contributed by atoms with Gasteiger partial charge >= 0.3 is 0 Å². The van der Waals surface area contributed by atoms with Gasteiger partial charge in [-0.2, -0.15) is 0 Å². The van der Waals surface area contributed by atoms with Gasteiger partial charge in [-0.05, 0) is 49.6 Å². The molecule has 1 atom stereocenters. The van der Waals surface area contributed by atoms with E-state index in [1.54, 1.807) is 29.4 Å². The third-order valence-corrected chi connectivity index (χ3v) is 6.19. The van der Waals surface area contributed by atoms with E-state index in [-0.39, 0.29) is 11.3 Å². The Balaban J connectivity index is 1.68. The fourth-order valence-electron chi connectivity index (χ4n) is 4.43. The molecule has 0 aliphatic carbocycles. The number of morpholine rings is 1. The first-order valence-corrected chi connectivity index (χ1v) is 11.0. The molecule has 0 saturated carbocycles. The first-order valence-electron chi connectivity index (χ1n) is 11.0. The van der Waals surface area contributed by atoms with Crippen molar-refractivity contribution >= 4 is 17.4 Å². The quantitative estimate of drug-likeness (QED) is 0.427. The molecule has 4 rings (SSSR count). The zero-order valence-electron chi connectivity index (χ0n) is 18.6. The molecule has 2 saturated heterocycles. The highest BCUT2D eigenvalue weighted by molar-refractivity contribution is 6.46. The first-order chi connectivity index (χ1) is 15.5. The van der Waals surface area contributed by atoms with Crippen LogP contribution >= 0.6 is 0 Å². The van der Waals surface area contributed by atoms with Crippen LogP contribution in [0.1, 0.15) is 34.7 Å². The predicted octanol–water partition coefficient (Wildman–Crippen LogP) is 2.84. The molecule has 1 unspecified atom stereocenters. The number of aliphatic hydroxyl groups is 1. The molecule has 32 heavy (non-hydrogen) atoms. The summed E-state index contributed by atoms with van der Waals surface area (Å²) in [6.07, 6.45) is 4.01. The smallest absolute Gasteiger partial charge is 0.295 e. The molecule has 2 aliphatic rings. The summed E-state index contributed by atoms with van der Waals surface area (Å²) in [6.45, 7) is 8.26. The van der Waals surface area contributed by atoms with Gasteiger partial charge < -0.3 is 14.7 Å². The maximum absolute atomic E-state index is 13.1. The number of carbonyl (C=O) groups is 2. The summed E-state index contributed by atoms with van der Waals surface area (Å²) in [4.78, 5) is 34.1. The first kappa shape index (κ1) is 22.2. The van der Waals surface area contributed by atoms with Crippen molar-refractivity contribution in [3.05, 3.63) is 70.6 Å². The van der Waals surface area contributed by atoms with Crippen molar-refractivity contribution < 1.29 is 19.4 Å². The number of likely N-dealkylation sites (tertiary alicyclic amines) is 1. The summed E-state index contributed by atoms with van der Waals surface area (Å²) in [7, 11) is 0. The van der Waals surface area contributed by atoms with Gasteiger partial charge in [-0.3, -0.25) is 19.5 Å². The SMILES string of the molecule is Cc1ccc(C)c(/C(O)=C2/C(=O)C(=O)N(CCCN3CCOCC3)C2c2ccncc2)c1. The highest BCUT2D eigenvalue weighted by atomic mass is 16.5. The number of aryl methyl sites for hydroxylation is 2. The lowest BCUT2D eigenvalue weighted by atomic mass is 9.93. The van der Waals surface area contributed by atoms with Gasteiger partial charge in [0.05, 0.1) is 24.8 Å². The Kier molecular flexibility index (Phi) is 6.67. The molecule has 1 amide bonds. The van der Waals surface area contributed by atoms with Crippen LogP contribution in [0.5, 0.6) is 0 Å². The van der Waals surface area contributed by atoms with Crippen molar-refractivity contribution in [2.45, 2.75) is 26.3 Å². The number of aromatic nitrogens is 1. The van der Waals surface area contributed by atoms with E-state index >= 15 is 0 Å². The second-order valence-electron chi connectivity index (χ2n) is 8.40. The molecular formula is C25H29N3O4. The van der Waals surface area contributed by atoms with Crippen LogP contribution < -0.4 is 0 Å². The van der Waals surface area contributed by atoms with Gasteiger partial charge in [0.25, 0.3) is 11.7 Å². The molecule has 0 bridgehead atoms. The molecule has 2 fully saturated rings. The molecule has 2 aliphatic heterocycles. The van der Waals surface area contributed by atoms with Crippen molar-refractivity contribution in [3.63, 3.8) is 0 Å². The van der Waals surface area contributed by atoms with Gasteiger partial charge in [0, 0.05) is 44.1 Å². The number of carbonyl (C=O) groups excluding carboxylic acids is 2. The second-order valence-corrected chi connectivity index (χ2v) is 8.40. The lowest BCUT2D eigenvalue weighted by Gasteiger charge is -2.29. The molecule has 7 nitrogen and oxygen atoms in total. The van der Waals surface area contributed by atoms with E-state index < -0.39 is 17.7 Å². The van der Waals surface area contributed by atoms with Crippen molar-refractivity contribution in [1.82, 2.24) is 14.8 Å². The van der Waals surface area contributed by atoms with E-state index in [2.05, 4.69) is 9.88 Å². The van der Waals surface area contributed by atoms with Crippen molar-refractivity contribution in [1.29, 1.82) is 0 Å². The number of nitrogens with zero attached hydrogens (tertiary/aromatic N) is 3. The van der Waals surface area contributed by atoms with E-state index in [1.807, 2.05) is 32.0 Å². The predicted molar refractivity (Wildman–Crippen MR) is 121 cm³/mol. The highest BCUT2D eigenvalue weighted by Gasteiger charge is 2.45. The number of pyridine rings is 1. The number of hydrogen-bond donors (Lipinski definition) is 1. The van der Waals surface area contributed by atoms with Crippen molar-refractivity contribution in [2.75, 3.05) is 39.4 Å². The Morgan fingerprint density at radius 1 is 1.09 bits per heavy atom. The normalized spacial score (nSPS) is 21.3. The number of hydrogen-bond acceptors (Lipinski definition) is 6. The second kappa shape index (κ2) is 9.63. The van der Waals surface area contributed by atoms with E-state index in [0.29, 0.717) is 12.1 Å². The minimum Gasteiger partial charge on any atom is -0.507 e. The average Bonchev–Trinajstić information content (AvgIpc) is 3.06. The fourth-order valence-corrected chi connectivity index (χ4v) is 4.43. The topological polar surface area (TPSA) is 83.0 Å². The van der Waals surface area contributed by atoms with Gasteiger partial charge in [0.15, 0.2) is 0 Å². The molecule has 7 heteroatoms. The number of benzene rings is 1. The minimum atomic E-state index is -0.642. The number of Topliss-reactive ketones (excluding diaryl/α,β-unsaturated/α-hetero) is 1. The number of aliphatic hydroxyl groups excluding tert-OH is 1. The van der Waals surface area contributed by atoms with Crippen LogP contribution in [0.25, 0.3) is 5.76 Å². The lowest BCUT2D eigenvalue weighted by Crippen LogP contribution is -2.38. The number of rotatable bonds is 6. The fraction of sp³-hybridized carbons (Fsp3) is 0.400. The molecule has 2 aromatic rings. The van der Waals surface area contributed by atoms with Crippen LogP contribution in [0, 0.1) is 13.8 Å². The Morgan fingerprint density at radius 2 is 1.81 bits per heavy atom. The van der Waals surface area contributed by atoms with Crippen LogP contribution in [-0.4, -0.2) is 71.0 Å². The standard InChI is InChI=1S/C25H29N3O4/c1-17-4-5-18(2)20(16-17)23(29)21-22(19-6-8-26-9-7-19)28(25(31)24(21)30)11-3-10-27-12-14-32-15-13-27/h4-9,16,22,29H,3,10-15H2,1-2H3/b23-21-. The Labute approximate surface area is 188 Å². The van der Waals surface area contributed by atoms with Gasteiger partial charge in [-0.1, -0.05) is 17.7 Å². The van der Waals surface area contributed by atoms with E-state index in [4.69, 9.17) is 4.74 Å². The van der Waals surface area contributed by atoms with Crippen molar-refractivity contribution in [2.24, 2.45) is 0 Å². The Morgan fingerprint density at radius 3 is 2.53 bits per heavy atom. The Hall–Kier alpha value is -3.03. The minimum absolute atomic E-state index is 0.123. The monoisotopic (exact) mass is 435 g/mol. The summed E-state index contributed by atoms with van der Waals surface area (Å²) in [6, 6.07) is 8.66. The largest absolute Gasteiger partial charge is 0.507 e. The van der Waals surface area contributed by atoms with Gasteiger partial charge in [-0.25, -0.2) is 0 Å². The molecule has 0 spiro atoms. The Bertz CT molecular complexity index is 1030. The summed E-state index contributed by atoms with van der Waals surface area (Å²) in [5.41, 5.74) is 3.30. The number of ketones is 1. The summed E-state index contributed by atoms with van der Waals surface area (Å²) < 4.78 is 5.40. The molecule has 0 radical (unpaired) electrons. The highest BCUT2D eigenvalue weighted by Crippen LogP contribution is 2.39. The third kappa shape index (κ3) is 4.45. The van der Waals surface area contributed by atoms with E-state index in [1.165, 1.54) is 0 Å². The zero-order chi connectivity index (χ0) is 22.7. The van der Waals surface area contributed by atoms with Crippen LogP contribution in [0.4, 0.5) is 0 Å². The van der Waals surface area contributed by atoms with Gasteiger partial charge in [0.2, 0.25) is 0 Å². The van der Waals surface area contributed by atoms with Crippen molar-refractivity contribution in [3.8, 4) is 0 Å². The maximum Gasteiger partial charge on any atom is 0.295 e. The number of amides is 1. The molecule has 1 aromatic carbocycles. The summed E-state index contributed by atoms with van der Waals surface area (Å²) in [5, 5.41) is 11.2. The van der Waals surface area contributed by atoms with Crippen LogP contribution in [-0.2, 0) is 14.3 Å². The average molecular weight is 436 g/mol. The van der Waals surface area contributed by atoms with E-state index in [9.17, 15) is 14.7 Å². The molecule has 3 heterocycles. The molecule has 1 N–H and O–H groups in total. The molecule has 168 valence electrons. The van der Waals surface area contributed by atoms with Crippen LogP contribution in [0.2, 0.25) is 0 Å².